The van der Waals surface area contributed by atoms with Crippen molar-refractivity contribution < 1.29 is 22.0 Å². The zero-order chi connectivity index (χ0) is 11.8. The Labute approximate surface area is 90.4 Å². The Morgan fingerprint density at radius 3 is 2.27 bits per heavy atom. The van der Waals surface area contributed by atoms with E-state index < -0.39 is 29.4 Å². The summed E-state index contributed by atoms with van der Waals surface area (Å²) in [6, 6.07) is 0.884. The predicted octanol–water partition coefficient (Wildman–Crippen LogP) is 4.11. The first-order chi connectivity index (χ1) is 6.73. The molecule has 0 unspecified atom stereocenters. The molecular formula is C8H5BrF5N. The van der Waals surface area contributed by atoms with E-state index in [0.29, 0.717) is 0 Å². The van der Waals surface area contributed by atoms with Crippen LogP contribution >= 0.6 is 15.9 Å². The van der Waals surface area contributed by atoms with Crippen LogP contribution in [0.1, 0.15) is 23.2 Å². The van der Waals surface area contributed by atoms with Gasteiger partial charge in [0.25, 0.3) is 6.43 Å². The van der Waals surface area contributed by atoms with Crippen LogP contribution in [0.2, 0.25) is 0 Å². The normalized spacial score (nSPS) is 12.3. The number of halogens is 6. The van der Waals surface area contributed by atoms with E-state index in [2.05, 4.69) is 20.9 Å². The summed E-state index contributed by atoms with van der Waals surface area (Å²) in [6.07, 6.45) is -7.68. The van der Waals surface area contributed by atoms with E-state index in [4.69, 9.17) is 0 Å². The van der Waals surface area contributed by atoms with E-state index in [9.17, 15) is 22.0 Å². The molecule has 84 valence electrons. The third kappa shape index (κ3) is 2.64. The van der Waals surface area contributed by atoms with Gasteiger partial charge in [0, 0.05) is 5.56 Å². The van der Waals surface area contributed by atoms with Crippen molar-refractivity contribution in [1.82, 2.24) is 4.98 Å². The number of nitrogens with zero attached hydrogens (tertiary/aromatic N) is 1. The Hall–Kier alpha value is -0.720. The van der Waals surface area contributed by atoms with Crippen molar-refractivity contribution in [3.8, 4) is 0 Å². The topological polar surface area (TPSA) is 12.9 Å². The number of hydrogen-bond acceptors (Lipinski definition) is 1. The monoisotopic (exact) mass is 289 g/mol. The van der Waals surface area contributed by atoms with E-state index >= 15 is 0 Å². The minimum absolute atomic E-state index is 0.254. The molecule has 0 radical (unpaired) electrons. The minimum Gasteiger partial charge on any atom is -0.236 e. The van der Waals surface area contributed by atoms with Crippen LogP contribution in [0.5, 0.6) is 0 Å². The summed E-state index contributed by atoms with van der Waals surface area (Å²) in [7, 11) is 0. The van der Waals surface area contributed by atoms with Gasteiger partial charge in [0.15, 0.2) is 0 Å². The van der Waals surface area contributed by atoms with Crippen LogP contribution in [0, 0.1) is 6.92 Å². The van der Waals surface area contributed by atoms with Gasteiger partial charge in [-0.25, -0.2) is 13.8 Å². The van der Waals surface area contributed by atoms with E-state index in [1.165, 1.54) is 0 Å². The van der Waals surface area contributed by atoms with E-state index in [1.54, 1.807) is 0 Å². The van der Waals surface area contributed by atoms with Gasteiger partial charge in [-0.1, -0.05) is 0 Å². The van der Waals surface area contributed by atoms with Crippen LogP contribution in [0.4, 0.5) is 22.0 Å². The summed E-state index contributed by atoms with van der Waals surface area (Å²) < 4.78 is 61.5. The van der Waals surface area contributed by atoms with Crippen molar-refractivity contribution >= 4 is 15.9 Å². The SMILES string of the molecule is Cc1c(C(F)F)cc(Br)nc1C(F)(F)F. The average molecular weight is 290 g/mol. The number of rotatable bonds is 1. The highest BCUT2D eigenvalue weighted by molar-refractivity contribution is 9.10. The maximum absolute atomic E-state index is 12.4. The highest BCUT2D eigenvalue weighted by atomic mass is 79.9. The second-order valence-corrected chi connectivity index (χ2v) is 3.62. The van der Waals surface area contributed by atoms with Crippen LogP contribution < -0.4 is 0 Å². The predicted molar refractivity (Wildman–Crippen MR) is 46.6 cm³/mol. The lowest BCUT2D eigenvalue weighted by molar-refractivity contribution is -0.141. The van der Waals surface area contributed by atoms with Crippen molar-refractivity contribution in [2.45, 2.75) is 19.5 Å². The smallest absolute Gasteiger partial charge is 0.236 e. The Morgan fingerprint density at radius 2 is 1.87 bits per heavy atom. The quantitative estimate of drug-likeness (QED) is 0.560. The van der Waals surface area contributed by atoms with Crippen molar-refractivity contribution in [1.29, 1.82) is 0 Å². The molecule has 0 amide bonds. The van der Waals surface area contributed by atoms with Gasteiger partial charge in [-0.3, -0.25) is 0 Å². The van der Waals surface area contributed by atoms with E-state index in [1.807, 2.05) is 0 Å². The lowest BCUT2D eigenvalue weighted by Gasteiger charge is -2.13. The lowest BCUT2D eigenvalue weighted by atomic mass is 10.1. The fourth-order valence-corrected chi connectivity index (χ4v) is 1.52. The lowest BCUT2D eigenvalue weighted by Crippen LogP contribution is -2.12. The first kappa shape index (κ1) is 12.4. The van der Waals surface area contributed by atoms with E-state index in [0.717, 1.165) is 13.0 Å². The largest absolute Gasteiger partial charge is 0.433 e. The first-order valence-corrected chi connectivity index (χ1v) is 4.55. The molecule has 0 aromatic carbocycles. The summed E-state index contributed by atoms with van der Waals surface area (Å²) in [5, 5.41) is 0. The van der Waals surface area contributed by atoms with Gasteiger partial charge < -0.3 is 0 Å². The van der Waals surface area contributed by atoms with E-state index in [-0.39, 0.29) is 4.60 Å². The van der Waals surface area contributed by atoms with Crippen molar-refractivity contribution in [2.24, 2.45) is 0 Å². The Morgan fingerprint density at radius 1 is 1.33 bits per heavy atom. The number of aromatic nitrogens is 1. The molecule has 0 aliphatic heterocycles. The van der Waals surface area contributed by atoms with Crippen molar-refractivity contribution in [3.63, 3.8) is 0 Å². The number of alkyl halides is 5. The second kappa shape index (κ2) is 4.03. The molecule has 0 bridgehead atoms. The highest BCUT2D eigenvalue weighted by Gasteiger charge is 2.36. The Balaban J connectivity index is 3.42. The van der Waals surface area contributed by atoms with Crippen LogP contribution in [0.3, 0.4) is 0 Å². The molecule has 7 heteroatoms. The van der Waals surface area contributed by atoms with Crippen LogP contribution in [-0.4, -0.2) is 4.98 Å². The Kier molecular flexibility index (Phi) is 3.32. The fraction of sp³-hybridized carbons (Fsp3) is 0.375. The fourth-order valence-electron chi connectivity index (χ4n) is 1.10. The average Bonchev–Trinajstić information content (AvgIpc) is 2.06. The van der Waals surface area contributed by atoms with Gasteiger partial charge in [0.05, 0.1) is 0 Å². The molecule has 0 saturated heterocycles. The third-order valence-corrected chi connectivity index (χ3v) is 2.19. The number of hydrogen-bond donors (Lipinski definition) is 0. The summed E-state index contributed by atoms with van der Waals surface area (Å²) >= 11 is 2.66. The molecule has 0 saturated carbocycles. The molecule has 1 heterocycles. The zero-order valence-electron chi connectivity index (χ0n) is 7.37. The molecule has 1 aromatic rings. The summed E-state index contributed by atoms with van der Waals surface area (Å²) in [5.41, 5.74) is -2.49. The molecule has 15 heavy (non-hydrogen) atoms. The molecule has 1 rings (SSSR count). The molecule has 0 fully saturated rings. The summed E-state index contributed by atoms with van der Waals surface area (Å²) in [5.74, 6) is 0. The van der Waals surface area contributed by atoms with Crippen LogP contribution in [0.25, 0.3) is 0 Å². The van der Waals surface area contributed by atoms with Crippen molar-refractivity contribution in [2.75, 3.05) is 0 Å². The van der Waals surface area contributed by atoms with Gasteiger partial charge >= 0.3 is 6.18 Å². The molecule has 0 aliphatic rings. The van der Waals surface area contributed by atoms with Gasteiger partial charge in [-0.2, -0.15) is 13.2 Å². The molecule has 1 aromatic heterocycles. The van der Waals surface area contributed by atoms with Gasteiger partial charge in [-0.05, 0) is 34.5 Å². The molecule has 0 spiro atoms. The molecule has 1 nitrogen and oxygen atoms in total. The van der Waals surface area contributed by atoms with Crippen LogP contribution in [0.15, 0.2) is 10.7 Å². The zero-order valence-corrected chi connectivity index (χ0v) is 8.96. The molecule has 0 aliphatic carbocycles. The maximum atomic E-state index is 12.4. The van der Waals surface area contributed by atoms with Gasteiger partial charge in [0.2, 0.25) is 0 Å². The van der Waals surface area contributed by atoms with Gasteiger partial charge in [0.1, 0.15) is 10.3 Å². The van der Waals surface area contributed by atoms with Crippen LogP contribution in [-0.2, 0) is 6.18 Å². The standard InChI is InChI=1S/C8H5BrF5N/c1-3-4(7(10)11)2-5(9)15-6(3)8(12,13)14/h2,7H,1H3. The number of pyridine rings is 1. The summed E-state index contributed by atoms with van der Waals surface area (Å²) in [6.45, 7) is 0.976. The second-order valence-electron chi connectivity index (χ2n) is 2.81. The molecule has 0 atom stereocenters. The molecule has 0 N–H and O–H groups in total. The third-order valence-electron chi connectivity index (χ3n) is 1.79. The van der Waals surface area contributed by atoms with Gasteiger partial charge in [-0.15, -0.1) is 0 Å². The Bertz CT molecular complexity index is 374. The van der Waals surface area contributed by atoms with Crippen molar-refractivity contribution in [3.05, 3.63) is 27.5 Å². The minimum atomic E-state index is -4.72. The molecular weight excluding hydrogens is 285 g/mol. The highest BCUT2D eigenvalue weighted by Crippen LogP contribution is 2.35. The first-order valence-electron chi connectivity index (χ1n) is 3.76. The maximum Gasteiger partial charge on any atom is 0.433 e. The summed E-state index contributed by atoms with van der Waals surface area (Å²) in [4.78, 5) is 3.15.